The third-order valence-corrected chi connectivity index (χ3v) is 5.85. The van der Waals surface area contributed by atoms with Crippen LogP contribution in [0.25, 0.3) is 10.9 Å². The van der Waals surface area contributed by atoms with E-state index in [1.165, 1.54) is 22.2 Å². The van der Waals surface area contributed by atoms with Crippen molar-refractivity contribution >= 4 is 28.2 Å². The molecule has 1 aliphatic rings. The Morgan fingerprint density at radius 3 is 2.69 bits per heavy atom. The molecule has 0 radical (unpaired) electrons. The summed E-state index contributed by atoms with van der Waals surface area (Å²) in [5, 5.41) is 4.32. The van der Waals surface area contributed by atoms with Crippen LogP contribution in [0.1, 0.15) is 24.0 Å². The summed E-state index contributed by atoms with van der Waals surface area (Å²) in [4.78, 5) is 20.5. The van der Waals surface area contributed by atoms with Gasteiger partial charge < -0.3 is 20.1 Å². The number of rotatable bonds is 6. The molecule has 0 atom stereocenters. The third kappa shape index (κ3) is 4.62. The number of amides is 1. The van der Waals surface area contributed by atoms with Gasteiger partial charge in [-0.05, 0) is 62.2 Å². The molecule has 2 heterocycles. The fraction of sp³-hybridized carbons (Fsp3) is 0.375. The number of hydrogen-bond donors (Lipinski definition) is 2. The summed E-state index contributed by atoms with van der Waals surface area (Å²) < 4.78 is 0. The molecule has 1 fully saturated rings. The summed E-state index contributed by atoms with van der Waals surface area (Å²) in [6.07, 6.45) is 4.33. The minimum absolute atomic E-state index is 0.0802. The molecule has 5 nitrogen and oxygen atoms in total. The van der Waals surface area contributed by atoms with Crippen molar-refractivity contribution in [3.8, 4) is 0 Å². The van der Waals surface area contributed by atoms with Gasteiger partial charge in [-0.15, -0.1) is 0 Å². The van der Waals surface area contributed by atoms with Crippen molar-refractivity contribution in [3.05, 3.63) is 59.8 Å². The maximum Gasteiger partial charge on any atom is 0.224 e. The second kappa shape index (κ2) is 8.70. The molecule has 2 aromatic carbocycles. The number of aromatic nitrogens is 1. The molecule has 0 saturated carbocycles. The molecular formula is C24H30N4O. The third-order valence-electron chi connectivity index (χ3n) is 5.85. The van der Waals surface area contributed by atoms with Gasteiger partial charge in [-0.1, -0.05) is 18.2 Å². The van der Waals surface area contributed by atoms with Gasteiger partial charge in [-0.25, -0.2) is 0 Å². The van der Waals surface area contributed by atoms with Crippen molar-refractivity contribution in [1.82, 2.24) is 9.88 Å². The number of anilines is 2. The van der Waals surface area contributed by atoms with Crippen LogP contribution in [0.2, 0.25) is 0 Å². The van der Waals surface area contributed by atoms with E-state index in [-0.39, 0.29) is 5.91 Å². The second-order valence-electron chi connectivity index (χ2n) is 8.05. The molecule has 4 rings (SSSR count). The Bertz CT molecular complexity index is 985. The highest BCUT2D eigenvalue weighted by Gasteiger charge is 2.16. The Labute approximate surface area is 172 Å². The van der Waals surface area contributed by atoms with Crippen LogP contribution in [0.5, 0.6) is 0 Å². The number of nitrogens with one attached hydrogen (secondary N) is 2. The Hall–Kier alpha value is -2.79. The van der Waals surface area contributed by atoms with Crippen LogP contribution in [-0.2, 0) is 11.2 Å². The molecule has 152 valence electrons. The zero-order valence-electron chi connectivity index (χ0n) is 17.4. The van der Waals surface area contributed by atoms with Crippen LogP contribution in [-0.4, -0.2) is 49.0 Å². The van der Waals surface area contributed by atoms with E-state index in [9.17, 15) is 4.79 Å². The van der Waals surface area contributed by atoms with Crippen molar-refractivity contribution in [1.29, 1.82) is 0 Å². The number of para-hydroxylation sites is 1. The molecule has 1 aromatic heterocycles. The lowest BCUT2D eigenvalue weighted by Gasteiger charge is -2.35. The molecule has 1 aliphatic heterocycles. The topological polar surface area (TPSA) is 51.4 Å². The van der Waals surface area contributed by atoms with E-state index in [4.69, 9.17) is 0 Å². The molecule has 1 saturated heterocycles. The molecule has 3 aromatic rings. The lowest BCUT2D eigenvalue weighted by molar-refractivity contribution is -0.116. The number of hydrogen-bond acceptors (Lipinski definition) is 3. The van der Waals surface area contributed by atoms with Crippen LogP contribution in [0, 0.1) is 6.92 Å². The molecule has 2 N–H and O–H groups in total. The standard InChI is InChI=1S/C24H30N4O/c1-18-16-20(10-11-23(18)28-14-12-27(2)13-15-28)26-24(29)9-5-6-19-17-25-22-8-4-3-7-21(19)22/h3-4,7-8,10-11,16-17,25H,5-6,9,12-15H2,1-2H3,(H,26,29). The molecule has 0 unspecified atom stereocenters. The normalized spacial score (nSPS) is 15.0. The molecule has 29 heavy (non-hydrogen) atoms. The minimum atomic E-state index is 0.0802. The number of carbonyl (C=O) groups is 1. The smallest absolute Gasteiger partial charge is 0.224 e. The highest BCUT2D eigenvalue weighted by Crippen LogP contribution is 2.25. The molecule has 0 aliphatic carbocycles. The highest BCUT2D eigenvalue weighted by molar-refractivity contribution is 5.91. The van der Waals surface area contributed by atoms with Gasteiger partial charge in [0.25, 0.3) is 0 Å². The molecule has 0 bridgehead atoms. The molecular weight excluding hydrogens is 360 g/mol. The van der Waals surface area contributed by atoms with Gasteiger partial charge in [0.05, 0.1) is 0 Å². The van der Waals surface area contributed by atoms with Crippen LogP contribution in [0.4, 0.5) is 11.4 Å². The molecule has 5 heteroatoms. The van der Waals surface area contributed by atoms with E-state index in [1.54, 1.807) is 0 Å². The van der Waals surface area contributed by atoms with E-state index >= 15 is 0 Å². The van der Waals surface area contributed by atoms with Crippen LogP contribution in [0.15, 0.2) is 48.7 Å². The fourth-order valence-corrected chi connectivity index (χ4v) is 4.14. The zero-order valence-corrected chi connectivity index (χ0v) is 17.4. The SMILES string of the molecule is Cc1cc(NC(=O)CCCc2c[nH]c3ccccc23)ccc1N1CCN(C)CC1. The number of fused-ring (bicyclic) bond motifs is 1. The summed E-state index contributed by atoms with van der Waals surface area (Å²) in [7, 11) is 2.17. The lowest BCUT2D eigenvalue weighted by Crippen LogP contribution is -2.44. The lowest BCUT2D eigenvalue weighted by atomic mass is 10.1. The predicted molar refractivity (Wildman–Crippen MR) is 121 cm³/mol. The van der Waals surface area contributed by atoms with Gasteiger partial charge in [-0.2, -0.15) is 0 Å². The van der Waals surface area contributed by atoms with Gasteiger partial charge in [0.2, 0.25) is 5.91 Å². The average Bonchev–Trinajstić information content (AvgIpc) is 3.12. The number of H-pyrrole nitrogens is 1. The quantitative estimate of drug-likeness (QED) is 0.664. The van der Waals surface area contributed by atoms with Gasteiger partial charge in [0, 0.05) is 61.1 Å². The van der Waals surface area contributed by atoms with E-state index in [2.05, 4.69) is 70.6 Å². The van der Waals surface area contributed by atoms with E-state index in [0.29, 0.717) is 6.42 Å². The Kier molecular flexibility index (Phi) is 5.86. The van der Waals surface area contributed by atoms with Crippen LogP contribution < -0.4 is 10.2 Å². The first-order valence-corrected chi connectivity index (χ1v) is 10.5. The second-order valence-corrected chi connectivity index (χ2v) is 8.05. The maximum absolute atomic E-state index is 12.4. The molecule has 0 spiro atoms. The summed E-state index contributed by atoms with van der Waals surface area (Å²) in [5.41, 5.74) is 5.81. The van der Waals surface area contributed by atoms with E-state index in [1.807, 2.05) is 12.1 Å². The van der Waals surface area contributed by atoms with E-state index < -0.39 is 0 Å². The van der Waals surface area contributed by atoms with Crippen LogP contribution >= 0.6 is 0 Å². The van der Waals surface area contributed by atoms with Crippen molar-refractivity contribution in [3.63, 3.8) is 0 Å². The summed E-state index contributed by atoms with van der Waals surface area (Å²) >= 11 is 0. The Balaban J connectivity index is 1.29. The number of nitrogens with zero attached hydrogens (tertiary/aromatic N) is 2. The van der Waals surface area contributed by atoms with Gasteiger partial charge >= 0.3 is 0 Å². The summed E-state index contributed by atoms with van der Waals surface area (Å²) in [6.45, 7) is 6.41. The molecule has 1 amide bonds. The van der Waals surface area contributed by atoms with Gasteiger partial charge in [0.1, 0.15) is 0 Å². The van der Waals surface area contributed by atoms with Gasteiger partial charge in [-0.3, -0.25) is 4.79 Å². The average molecular weight is 391 g/mol. The van der Waals surface area contributed by atoms with E-state index in [0.717, 1.165) is 50.2 Å². The number of benzene rings is 2. The first kappa shape index (κ1) is 19.5. The van der Waals surface area contributed by atoms with Crippen LogP contribution in [0.3, 0.4) is 0 Å². The highest BCUT2D eigenvalue weighted by atomic mass is 16.1. The largest absolute Gasteiger partial charge is 0.369 e. The Morgan fingerprint density at radius 1 is 1.10 bits per heavy atom. The predicted octanol–water partition coefficient (Wildman–Crippen LogP) is 4.19. The number of likely N-dealkylation sites (N-methyl/N-ethyl adjacent to an activating group) is 1. The number of aromatic amines is 1. The Morgan fingerprint density at radius 2 is 1.90 bits per heavy atom. The van der Waals surface area contributed by atoms with Crippen molar-refractivity contribution in [2.45, 2.75) is 26.2 Å². The summed E-state index contributed by atoms with van der Waals surface area (Å²) in [5.74, 6) is 0.0802. The monoisotopic (exact) mass is 390 g/mol. The van der Waals surface area contributed by atoms with Crippen molar-refractivity contribution < 1.29 is 4.79 Å². The van der Waals surface area contributed by atoms with Crippen molar-refractivity contribution in [2.75, 3.05) is 43.4 Å². The first-order valence-electron chi connectivity index (χ1n) is 10.5. The van der Waals surface area contributed by atoms with Gasteiger partial charge in [0.15, 0.2) is 0 Å². The minimum Gasteiger partial charge on any atom is -0.369 e. The number of piperazine rings is 1. The summed E-state index contributed by atoms with van der Waals surface area (Å²) in [6, 6.07) is 14.6. The fourth-order valence-electron chi connectivity index (χ4n) is 4.14. The maximum atomic E-state index is 12.4. The first-order chi connectivity index (χ1) is 14.1. The number of carbonyl (C=O) groups excluding carboxylic acids is 1. The number of aryl methyl sites for hydroxylation is 2. The van der Waals surface area contributed by atoms with Crippen molar-refractivity contribution in [2.24, 2.45) is 0 Å². The zero-order chi connectivity index (χ0) is 20.2.